The third-order valence-corrected chi connectivity index (χ3v) is 5.27. The number of halogens is 1. The minimum Gasteiger partial charge on any atom is -0.493 e. The fourth-order valence-corrected chi connectivity index (χ4v) is 3.19. The molecular formula is C24H17ClN4O7. The fraction of sp³-hybridized carbons (Fsp3) is 0.0833. The predicted molar refractivity (Wildman–Crippen MR) is 131 cm³/mol. The molecule has 0 aliphatic rings. The molecule has 12 heteroatoms. The van der Waals surface area contributed by atoms with Crippen LogP contribution in [0.3, 0.4) is 0 Å². The van der Waals surface area contributed by atoms with Gasteiger partial charge in [-0.15, -0.1) is 0 Å². The quantitative estimate of drug-likeness (QED) is 0.173. The molecule has 0 unspecified atom stereocenters. The fourth-order valence-electron chi connectivity index (χ4n) is 3.01. The number of nitrogens with one attached hydrogen (secondary N) is 1. The van der Waals surface area contributed by atoms with Crippen molar-refractivity contribution in [2.24, 2.45) is 0 Å². The molecule has 0 aliphatic heterocycles. The first-order valence-corrected chi connectivity index (χ1v) is 10.5. The Morgan fingerprint density at radius 1 is 1.03 bits per heavy atom. The molecule has 0 heterocycles. The number of nitriles is 1. The van der Waals surface area contributed by atoms with E-state index in [2.05, 4.69) is 5.32 Å². The number of methoxy groups -OCH3 is 1. The summed E-state index contributed by atoms with van der Waals surface area (Å²) in [6.45, 7) is 1.81. The SMILES string of the molecule is COc1cc(/C=C(\C#N)C(=O)Nc2ccc(C)c(Cl)c2)ccc1Oc1ccc([N+](=O)[O-])cc1[N+](=O)[O-]. The van der Waals surface area contributed by atoms with Crippen molar-refractivity contribution in [2.75, 3.05) is 12.4 Å². The number of ether oxygens (including phenoxy) is 2. The van der Waals surface area contributed by atoms with E-state index < -0.39 is 27.1 Å². The van der Waals surface area contributed by atoms with Crippen LogP contribution in [0.5, 0.6) is 17.2 Å². The standard InChI is InChI=1S/C24H17ClN4O7/c1-14-3-5-17(11-19(14)25)27-24(30)16(13-26)9-15-4-7-22(23(10-15)35-2)36-21-8-6-18(28(31)32)12-20(21)29(33)34/h3-12H,1-2H3,(H,27,30)/b16-9+. The largest absolute Gasteiger partial charge is 0.493 e. The summed E-state index contributed by atoms with van der Waals surface area (Å²) in [6.07, 6.45) is 1.33. The summed E-state index contributed by atoms with van der Waals surface area (Å²) in [7, 11) is 1.33. The molecule has 0 spiro atoms. The minimum atomic E-state index is -0.801. The van der Waals surface area contributed by atoms with Crippen molar-refractivity contribution >= 4 is 40.6 Å². The summed E-state index contributed by atoms with van der Waals surface area (Å²) in [6, 6.07) is 14.1. The predicted octanol–water partition coefficient (Wildman–Crippen LogP) is 5.81. The molecule has 0 fully saturated rings. The van der Waals surface area contributed by atoms with E-state index in [9.17, 15) is 30.3 Å². The Labute approximate surface area is 209 Å². The molecule has 11 nitrogen and oxygen atoms in total. The van der Waals surface area contributed by atoms with Crippen molar-refractivity contribution in [3.8, 4) is 23.3 Å². The maximum absolute atomic E-state index is 12.6. The zero-order valence-electron chi connectivity index (χ0n) is 18.9. The Hall–Kier alpha value is -4.95. The first-order chi connectivity index (χ1) is 17.1. The van der Waals surface area contributed by atoms with Gasteiger partial charge in [0, 0.05) is 16.8 Å². The van der Waals surface area contributed by atoms with Crippen LogP contribution >= 0.6 is 11.6 Å². The average Bonchev–Trinajstić information content (AvgIpc) is 2.85. The smallest absolute Gasteiger partial charge is 0.318 e. The summed E-state index contributed by atoms with van der Waals surface area (Å²) < 4.78 is 10.9. The molecule has 0 aromatic heterocycles. The number of non-ortho nitro benzene ring substituents is 1. The highest BCUT2D eigenvalue weighted by atomic mass is 35.5. The lowest BCUT2D eigenvalue weighted by molar-refractivity contribution is -0.394. The molecule has 36 heavy (non-hydrogen) atoms. The molecule has 0 bridgehead atoms. The highest BCUT2D eigenvalue weighted by molar-refractivity contribution is 6.31. The average molecular weight is 509 g/mol. The zero-order chi connectivity index (χ0) is 26.4. The Morgan fingerprint density at radius 2 is 1.75 bits per heavy atom. The van der Waals surface area contributed by atoms with Crippen LogP contribution < -0.4 is 14.8 Å². The maximum atomic E-state index is 12.6. The van der Waals surface area contributed by atoms with Crippen molar-refractivity contribution < 1.29 is 24.1 Å². The first-order valence-electron chi connectivity index (χ1n) is 10.1. The molecule has 1 amide bonds. The van der Waals surface area contributed by atoms with Gasteiger partial charge in [0.05, 0.1) is 23.0 Å². The number of rotatable bonds is 8. The van der Waals surface area contributed by atoms with E-state index in [1.165, 1.54) is 31.4 Å². The normalized spacial score (nSPS) is 10.8. The minimum absolute atomic E-state index is 0.0730. The summed E-state index contributed by atoms with van der Waals surface area (Å²) in [5, 5.41) is 34.8. The second-order valence-electron chi connectivity index (χ2n) is 7.27. The molecule has 0 saturated heterocycles. The van der Waals surface area contributed by atoms with E-state index in [1.807, 2.05) is 13.0 Å². The number of hydrogen-bond acceptors (Lipinski definition) is 8. The highest BCUT2D eigenvalue weighted by Gasteiger charge is 2.22. The van der Waals surface area contributed by atoms with Gasteiger partial charge < -0.3 is 14.8 Å². The van der Waals surface area contributed by atoms with Crippen molar-refractivity contribution in [1.82, 2.24) is 0 Å². The molecule has 3 rings (SSSR count). The van der Waals surface area contributed by atoms with E-state index in [0.717, 1.165) is 23.8 Å². The van der Waals surface area contributed by atoms with Gasteiger partial charge in [0.25, 0.3) is 11.6 Å². The van der Waals surface area contributed by atoms with E-state index in [-0.39, 0.29) is 22.8 Å². The van der Waals surface area contributed by atoms with Crippen LogP contribution in [0.4, 0.5) is 17.1 Å². The third kappa shape index (κ3) is 5.94. The summed E-state index contributed by atoms with van der Waals surface area (Å²) in [4.78, 5) is 33.3. The van der Waals surface area contributed by atoms with E-state index >= 15 is 0 Å². The lowest BCUT2D eigenvalue weighted by Gasteiger charge is -2.11. The van der Waals surface area contributed by atoms with Gasteiger partial charge >= 0.3 is 5.69 Å². The first kappa shape index (κ1) is 25.7. The highest BCUT2D eigenvalue weighted by Crippen LogP contribution is 2.38. The van der Waals surface area contributed by atoms with E-state index in [1.54, 1.807) is 18.2 Å². The van der Waals surface area contributed by atoms with Crippen molar-refractivity contribution in [2.45, 2.75) is 6.92 Å². The van der Waals surface area contributed by atoms with Crippen LogP contribution in [0.25, 0.3) is 6.08 Å². The Kier molecular flexibility index (Phi) is 7.83. The van der Waals surface area contributed by atoms with Crippen LogP contribution in [-0.2, 0) is 4.79 Å². The van der Waals surface area contributed by atoms with Crippen molar-refractivity contribution in [1.29, 1.82) is 5.26 Å². The molecule has 1 N–H and O–H groups in total. The molecule has 0 atom stereocenters. The monoisotopic (exact) mass is 508 g/mol. The van der Waals surface area contributed by atoms with Gasteiger partial charge in [-0.1, -0.05) is 23.7 Å². The summed E-state index contributed by atoms with van der Waals surface area (Å²) in [5.74, 6) is -0.678. The number of nitrogens with zero attached hydrogens (tertiary/aromatic N) is 3. The van der Waals surface area contributed by atoms with Gasteiger partial charge in [0.15, 0.2) is 11.5 Å². The molecule has 3 aromatic rings. The summed E-state index contributed by atoms with van der Waals surface area (Å²) in [5.41, 5.74) is 0.396. The van der Waals surface area contributed by atoms with Crippen LogP contribution in [-0.4, -0.2) is 22.9 Å². The number of aryl methyl sites for hydroxylation is 1. The topological polar surface area (TPSA) is 158 Å². The zero-order valence-corrected chi connectivity index (χ0v) is 19.6. The number of benzene rings is 3. The number of anilines is 1. The number of amides is 1. The van der Waals surface area contributed by atoms with Gasteiger partial charge in [0.1, 0.15) is 11.6 Å². The lowest BCUT2D eigenvalue weighted by atomic mass is 10.1. The second-order valence-corrected chi connectivity index (χ2v) is 7.67. The van der Waals surface area contributed by atoms with Gasteiger partial charge in [0.2, 0.25) is 5.75 Å². The molecular weight excluding hydrogens is 492 g/mol. The van der Waals surface area contributed by atoms with Crippen LogP contribution in [0, 0.1) is 38.5 Å². The third-order valence-electron chi connectivity index (χ3n) is 4.86. The second kappa shape index (κ2) is 11.0. The Bertz CT molecular complexity index is 1450. The molecule has 182 valence electrons. The number of nitro groups is 2. The molecule has 3 aromatic carbocycles. The van der Waals surface area contributed by atoms with Crippen LogP contribution in [0.2, 0.25) is 5.02 Å². The number of carbonyl (C=O) groups excluding carboxylic acids is 1. The van der Waals surface area contributed by atoms with Crippen molar-refractivity contribution in [3.05, 3.63) is 96.5 Å². The maximum Gasteiger partial charge on any atom is 0.318 e. The number of hydrogen-bond donors (Lipinski definition) is 1. The van der Waals surface area contributed by atoms with E-state index in [0.29, 0.717) is 16.3 Å². The molecule has 0 radical (unpaired) electrons. The van der Waals surface area contributed by atoms with Crippen LogP contribution in [0.1, 0.15) is 11.1 Å². The van der Waals surface area contributed by atoms with E-state index in [4.69, 9.17) is 21.1 Å². The number of nitro benzene ring substituents is 2. The van der Waals surface area contributed by atoms with Gasteiger partial charge in [-0.05, 0) is 54.5 Å². The van der Waals surface area contributed by atoms with Crippen molar-refractivity contribution in [3.63, 3.8) is 0 Å². The molecule has 0 saturated carbocycles. The Balaban J connectivity index is 1.88. The van der Waals surface area contributed by atoms with Gasteiger partial charge in [-0.25, -0.2) is 0 Å². The molecule has 0 aliphatic carbocycles. The van der Waals surface area contributed by atoms with Crippen LogP contribution in [0.15, 0.2) is 60.2 Å². The van der Waals surface area contributed by atoms with Gasteiger partial charge in [-0.3, -0.25) is 25.0 Å². The van der Waals surface area contributed by atoms with Gasteiger partial charge in [-0.2, -0.15) is 5.26 Å². The summed E-state index contributed by atoms with van der Waals surface area (Å²) >= 11 is 6.07. The Morgan fingerprint density at radius 3 is 2.36 bits per heavy atom. The lowest BCUT2D eigenvalue weighted by Crippen LogP contribution is -2.13. The number of carbonyl (C=O) groups is 1.